The molecule has 0 bridgehead atoms. The van der Waals surface area contributed by atoms with E-state index in [1.165, 1.54) is 6.20 Å². The molecule has 1 atom stereocenters. The Labute approximate surface area is 70.3 Å². The van der Waals surface area contributed by atoms with Crippen LogP contribution < -0.4 is 0 Å². The molecule has 0 aliphatic heterocycles. The molecule has 0 saturated heterocycles. The van der Waals surface area contributed by atoms with Gasteiger partial charge in [-0.25, -0.2) is 0 Å². The van der Waals surface area contributed by atoms with Crippen LogP contribution in [0.2, 0.25) is 0 Å². The molecule has 12 heavy (non-hydrogen) atoms. The van der Waals surface area contributed by atoms with Crippen LogP contribution in [-0.2, 0) is 4.79 Å². The van der Waals surface area contributed by atoms with E-state index in [0.717, 1.165) is 0 Å². The van der Waals surface area contributed by atoms with Crippen molar-refractivity contribution in [3.05, 3.63) is 23.8 Å². The van der Waals surface area contributed by atoms with Crippen LogP contribution in [-0.4, -0.2) is 21.0 Å². The first-order valence-electron chi connectivity index (χ1n) is 3.63. The summed E-state index contributed by atoms with van der Waals surface area (Å²) in [6, 6.07) is 0. The summed E-state index contributed by atoms with van der Waals surface area (Å²) in [6.45, 7) is 3.35. The van der Waals surface area contributed by atoms with E-state index in [0.29, 0.717) is 11.4 Å². The molecule has 1 heterocycles. The van der Waals surface area contributed by atoms with Gasteiger partial charge in [0.2, 0.25) is 0 Å². The zero-order chi connectivity index (χ0) is 9.14. The molecule has 0 aliphatic rings. The average molecular weight is 166 g/mol. The van der Waals surface area contributed by atoms with Crippen LogP contribution in [0.1, 0.15) is 24.2 Å². The summed E-state index contributed by atoms with van der Waals surface area (Å²) in [5, 5.41) is 8.69. The van der Waals surface area contributed by atoms with Gasteiger partial charge in [0.25, 0.3) is 0 Å². The third kappa shape index (κ3) is 1.58. The standard InChI is InChI=1S/C8H10N2O2/c1-5(8(11)12)7-6(2)9-3-4-10-7/h3-5H,1-2H3,(H,11,12). The SMILES string of the molecule is Cc1nccnc1C(C)C(=O)O. The Hall–Kier alpha value is -1.45. The smallest absolute Gasteiger partial charge is 0.312 e. The molecule has 0 fully saturated rings. The molecule has 0 spiro atoms. The van der Waals surface area contributed by atoms with Crippen molar-refractivity contribution < 1.29 is 9.90 Å². The Bertz CT molecular complexity index is 299. The van der Waals surface area contributed by atoms with Gasteiger partial charge in [-0.05, 0) is 13.8 Å². The molecular weight excluding hydrogens is 156 g/mol. The van der Waals surface area contributed by atoms with E-state index in [1.807, 2.05) is 0 Å². The van der Waals surface area contributed by atoms with Crippen LogP contribution >= 0.6 is 0 Å². The van der Waals surface area contributed by atoms with Gasteiger partial charge < -0.3 is 5.11 Å². The predicted molar refractivity (Wildman–Crippen MR) is 42.8 cm³/mol. The molecule has 0 aromatic carbocycles. The Morgan fingerprint density at radius 2 is 2.08 bits per heavy atom. The number of hydrogen-bond acceptors (Lipinski definition) is 3. The van der Waals surface area contributed by atoms with Gasteiger partial charge in [-0.3, -0.25) is 14.8 Å². The molecule has 1 rings (SSSR count). The van der Waals surface area contributed by atoms with Gasteiger partial charge in [-0.1, -0.05) is 0 Å². The van der Waals surface area contributed by atoms with Crippen LogP contribution in [0.15, 0.2) is 12.4 Å². The highest BCUT2D eigenvalue weighted by Gasteiger charge is 2.17. The number of carbonyl (C=O) groups is 1. The van der Waals surface area contributed by atoms with Gasteiger partial charge in [-0.15, -0.1) is 0 Å². The molecule has 0 radical (unpaired) electrons. The normalized spacial score (nSPS) is 12.5. The van der Waals surface area contributed by atoms with Crippen LogP contribution in [0.3, 0.4) is 0 Å². The minimum Gasteiger partial charge on any atom is -0.481 e. The maximum absolute atomic E-state index is 10.6. The van der Waals surface area contributed by atoms with E-state index in [9.17, 15) is 4.79 Å². The number of aromatic nitrogens is 2. The molecule has 1 N–H and O–H groups in total. The van der Waals surface area contributed by atoms with E-state index < -0.39 is 11.9 Å². The summed E-state index contributed by atoms with van der Waals surface area (Å²) in [5.74, 6) is -1.46. The highest BCUT2D eigenvalue weighted by atomic mass is 16.4. The predicted octanol–water partition coefficient (Wildman–Crippen LogP) is 0.973. The van der Waals surface area contributed by atoms with Gasteiger partial charge in [-0.2, -0.15) is 0 Å². The zero-order valence-corrected chi connectivity index (χ0v) is 6.98. The third-order valence-corrected chi connectivity index (χ3v) is 1.70. The fraction of sp³-hybridized carbons (Fsp3) is 0.375. The van der Waals surface area contributed by atoms with E-state index >= 15 is 0 Å². The van der Waals surface area contributed by atoms with Crippen molar-refractivity contribution in [2.45, 2.75) is 19.8 Å². The molecule has 1 aromatic heterocycles. The van der Waals surface area contributed by atoms with Crippen molar-refractivity contribution >= 4 is 5.97 Å². The molecule has 1 unspecified atom stereocenters. The van der Waals surface area contributed by atoms with Crippen molar-refractivity contribution in [3.8, 4) is 0 Å². The molecule has 1 aromatic rings. The largest absolute Gasteiger partial charge is 0.481 e. The molecular formula is C8H10N2O2. The average Bonchev–Trinajstić information content (AvgIpc) is 2.04. The van der Waals surface area contributed by atoms with Crippen LogP contribution in [0.25, 0.3) is 0 Å². The topological polar surface area (TPSA) is 63.1 Å². The molecule has 0 saturated carbocycles. The fourth-order valence-corrected chi connectivity index (χ4v) is 0.960. The highest BCUT2D eigenvalue weighted by Crippen LogP contribution is 2.14. The molecule has 64 valence electrons. The monoisotopic (exact) mass is 166 g/mol. The van der Waals surface area contributed by atoms with Crippen molar-refractivity contribution in [1.82, 2.24) is 9.97 Å². The van der Waals surface area contributed by atoms with Crippen LogP contribution in [0.5, 0.6) is 0 Å². The number of rotatable bonds is 2. The number of aryl methyl sites for hydroxylation is 1. The lowest BCUT2D eigenvalue weighted by Crippen LogP contribution is -2.11. The molecule has 4 nitrogen and oxygen atoms in total. The second kappa shape index (κ2) is 3.30. The maximum Gasteiger partial charge on any atom is 0.312 e. The Morgan fingerprint density at radius 3 is 2.58 bits per heavy atom. The number of carboxylic acid groups (broad SMARTS) is 1. The fourth-order valence-electron chi connectivity index (χ4n) is 0.960. The van der Waals surface area contributed by atoms with Gasteiger partial charge in [0.05, 0.1) is 17.3 Å². The number of aliphatic carboxylic acids is 1. The summed E-state index contributed by atoms with van der Waals surface area (Å²) < 4.78 is 0. The Kier molecular flexibility index (Phi) is 2.38. The zero-order valence-electron chi connectivity index (χ0n) is 6.98. The van der Waals surface area contributed by atoms with Gasteiger partial charge in [0.15, 0.2) is 0 Å². The number of nitrogens with zero attached hydrogens (tertiary/aromatic N) is 2. The van der Waals surface area contributed by atoms with E-state index in [1.54, 1.807) is 20.0 Å². The van der Waals surface area contributed by atoms with Crippen molar-refractivity contribution in [2.24, 2.45) is 0 Å². The second-order valence-corrected chi connectivity index (χ2v) is 2.59. The first-order chi connectivity index (χ1) is 5.63. The Balaban J connectivity index is 3.02. The summed E-state index contributed by atoms with van der Waals surface area (Å²) in [6.07, 6.45) is 3.05. The van der Waals surface area contributed by atoms with Crippen LogP contribution in [0.4, 0.5) is 0 Å². The van der Waals surface area contributed by atoms with Crippen molar-refractivity contribution in [1.29, 1.82) is 0 Å². The molecule has 4 heteroatoms. The summed E-state index contributed by atoms with van der Waals surface area (Å²) in [4.78, 5) is 18.5. The number of carboxylic acids is 1. The maximum atomic E-state index is 10.6. The highest BCUT2D eigenvalue weighted by molar-refractivity contribution is 5.75. The Morgan fingerprint density at radius 1 is 1.50 bits per heavy atom. The van der Waals surface area contributed by atoms with Crippen molar-refractivity contribution in [3.63, 3.8) is 0 Å². The van der Waals surface area contributed by atoms with Gasteiger partial charge in [0.1, 0.15) is 0 Å². The first-order valence-corrected chi connectivity index (χ1v) is 3.63. The lowest BCUT2D eigenvalue weighted by Gasteiger charge is -2.06. The van der Waals surface area contributed by atoms with Crippen molar-refractivity contribution in [2.75, 3.05) is 0 Å². The van der Waals surface area contributed by atoms with Gasteiger partial charge in [0, 0.05) is 12.4 Å². The quantitative estimate of drug-likeness (QED) is 0.711. The second-order valence-electron chi connectivity index (χ2n) is 2.59. The lowest BCUT2D eigenvalue weighted by atomic mass is 10.1. The summed E-state index contributed by atoms with van der Waals surface area (Å²) in [5.41, 5.74) is 1.21. The third-order valence-electron chi connectivity index (χ3n) is 1.70. The number of hydrogen-bond donors (Lipinski definition) is 1. The minimum absolute atomic E-state index is 0.532. The molecule has 0 amide bonds. The minimum atomic E-state index is -0.876. The van der Waals surface area contributed by atoms with E-state index in [4.69, 9.17) is 5.11 Å². The van der Waals surface area contributed by atoms with E-state index in [-0.39, 0.29) is 0 Å². The van der Waals surface area contributed by atoms with Gasteiger partial charge >= 0.3 is 5.97 Å². The molecule has 0 aliphatic carbocycles. The first kappa shape index (κ1) is 8.64. The summed E-state index contributed by atoms with van der Waals surface area (Å²) >= 11 is 0. The lowest BCUT2D eigenvalue weighted by molar-refractivity contribution is -0.138. The van der Waals surface area contributed by atoms with E-state index in [2.05, 4.69) is 9.97 Å². The summed E-state index contributed by atoms with van der Waals surface area (Å²) in [7, 11) is 0. The van der Waals surface area contributed by atoms with Crippen LogP contribution in [0, 0.1) is 6.92 Å².